The van der Waals surface area contributed by atoms with Gasteiger partial charge in [-0.2, -0.15) is 0 Å². The normalized spacial score (nSPS) is 28.3. The van der Waals surface area contributed by atoms with Crippen molar-refractivity contribution in [1.29, 1.82) is 0 Å². The van der Waals surface area contributed by atoms with Crippen LogP contribution in [-0.4, -0.2) is 36.6 Å². The number of nitrogens with one attached hydrogen (secondary N) is 1. The number of piperazine rings is 1. The molecule has 0 aromatic carbocycles. The van der Waals surface area contributed by atoms with Crippen molar-refractivity contribution in [1.82, 2.24) is 10.2 Å². The Kier molecular flexibility index (Phi) is 5.26. The molecule has 2 atom stereocenters. The van der Waals surface area contributed by atoms with E-state index in [0.717, 1.165) is 6.04 Å². The molecule has 2 unspecified atom stereocenters. The molecule has 1 N–H and O–H groups in total. The molecule has 96 valence electrons. The van der Waals surface area contributed by atoms with Crippen LogP contribution in [0.3, 0.4) is 0 Å². The van der Waals surface area contributed by atoms with Gasteiger partial charge in [0.05, 0.1) is 0 Å². The lowest BCUT2D eigenvalue weighted by Crippen LogP contribution is -2.55. The van der Waals surface area contributed by atoms with Gasteiger partial charge in [0.2, 0.25) is 0 Å². The largest absolute Gasteiger partial charge is 0.311 e. The van der Waals surface area contributed by atoms with Crippen LogP contribution in [-0.2, 0) is 0 Å². The zero-order chi connectivity index (χ0) is 12.2. The molecule has 0 bridgehead atoms. The van der Waals surface area contributed by atoms with E-state index >= 15 is 0 Å². The molecule has 0 aromatic heterocycles. The standard InChI is InChI=1S/C14H30N2/c1-6-7-13-10-15-12(2)11-16(13)9-8-14(3,4)5/h12-13,15H,6-11H2,1-5H3. The summed E-state index contributed by atoms with van der Waals surface area (Å²) < 4.78 is 0. The summed E-state index contributed by atoms with van der Waals surface area (Å²) in [6.45, 7) is 15.3. The Balaban J connectivity index is 2.44. The summed E-state index contributed by atoms with van der Waals surface area (Å²) in [5.41, 5.74) is 0.463. The molecule has 1 rings (SSSR count). The Morgan fingerprint density at radius 2 is 2.00 bits per heavy atom. The van der Waals surface area contributed by atoms with Gasteiger partial charge in [0.25, 0.3) is 0 Å². The highest BCUT2D eigenvalue weighted by Gasteiger charge is 2.25. The van der Waals surface area contributed by atoms with Gasteiger partial charge in [0, 0.05) is 25.2 Å². The van der Waals surface area contributed by atoms with Gasteiger partial charge in [0.15, 0.2) is 0 Å². The summed E-state index contributed by atoms with van der Waals surface area (Å²) in [6.07, 6.45) is 3.94. The molecule has 1 aliphatic heterocycles. The fourth-order valence-corrected chi connectivity index (χ4v) is 2.40. The van der Waals surface area contributed by atoms with Crippen molar-refractivity contribution in [3.05, 3.63) is 0 Å². The minimum absolute atomic E-state index is 0.463. The van der Waals surface area contributed by atoms with E-state index in [-0.39, 0.29) is 0 Å². The molecule has 1 aliphatic rings. The number of hydrogen-bond acceptors (Lipinski definition) is 2. The van der Waals surface area contributed by atoms with Crippen molar-refractivity contribution in [2.75, 3.05) is 19.6 Å². The first kappa shape index (κ1) is 14.0. The second-order valence-corrected chi connectivity index (χ2v) is 6.56. The van der Waals surface area contributed by atoms with Crippen LogP contribution in [0.4, 0.5) is 0 Å². The van der Waals surface area contributed by atoms with E-state index in [1.165, 1.54) is 38.9 Å². The van der Waals surface area contributed by atoms with E-state index in [4.69, 9.17) is 0 Å². The molecule has 0 radical (unpaired) electrons. The molecule has 1 fully saturated rings. The van der Waals surface area contributed by atoms with Crippen molar-refractivity contribution in [3.8, 4) is 0 Å². The predicted molar refractivity (Wildman–Crippen MR) is 71.8 cm³/mol. The van der Waals surface area contributed by atoms with Gasteiger partial charge < -0.3 is 5.32 Å². The minimum atomic E-state index is 0.463. The molecule has 2 nitrogen and oxygen atoms in total. The zero-order valence-electron chi connectivity index (χ0n) is 11.8. The van der Waals surface area contributed by atoms with Gasteiger partial charge in [-0.15, -0.1) is 0 Å². The maximum atomic E-state index is 3.60. The van der Waals surface area contributed by atoms with Crippen LogP contribution in [0.15, 0.2) is 0 Å². The first-order valence-electron chi connectivity index (χ1n) is 6.90. The zero-order valence-corrected chi connectivity index (χ0v) is 11.8. The molecule has 0 aromatic rings. The van der Waals surface area contributed by atoms with Crippen LogP contribution in [0.1, 0.15) is 53.9 Å². The minimum Gasteiger partial charge on any atom is -0.311 e. The lowest BCUT2D eigenvalue weighted by Gasteiger charge is -2.40. The molecule has 1 saturated heterocycles. The molecule has 2 heteroatoms. The summed E-state index contributed by atoms with van der Waals surface area (Å²) in [6, 6.07) is 1.43. The van der Waals surface area contributed by atoms with Gasteiger partial charge >= 0.3 is 0 Å². The highest BCUT2D eigenvalue weighted by molar-refractivity contribution is 4.84. The Morgan fingerprint density at radius 1 is 1.31 bits per heavy atom. The second-order valence-electron chi connectivity index (χ2n) is 6.56. The molecule has 16 heavy (non-hydrogen) atoms. The van der Waals surface area contributed by atoms with Crippen LogP contribution in [0.5, 0.6) is 0 Å². The highest BCUT2D eigenvalue weighted by atomic mass is 15.2. The van der Waals surface area contributed by atoms with Gasteiger partial charge in [-0.25, -0.2) is 0 Å². The molecule has 0 amide bonds. The molecular weight excluding hydrogens is 196 g/mol. The van der Waals surface area contributed by atoms with E-state index in [0.29, 0.717) is 11.5 Å². The van der Waals surface area contributed by atoms with Gasteiger partial charge in [-0.1, -0.05) is 34.1 Å². The Bertz CT molecular complexity index is 195. The first-order chi connectivity index (χ1) is 7.42. The number of rotatable bonds is 4. The van der Waals surface area contributed by atoms with Crippen molar-refractivity contribution >= 4 is 0 Å². The summed E-state index contributed by atoms with van der Waals surface area (Å²) in [4.78, 5) is 2.70. The van der Waals surface area contributed by atoms with Crippen LogP contribution in [0.25, 0.3) is 0 Å². The van der Waals surface area contributed by atoms with Crippen LogP contribution in [0, 0.1) is 5.41 Å². The van der Waals surface area contributed by atoms with E-state index in [2.05, 4.69) is 44.8 Å². The fraction of sp³-hybridized carbons (Fsp3) is 1.00. The third-order valence-corrected chi connectivity index (χ3v) is 3.50. The Labute approximate surface area is 102 Å². The molecule has 0 saturated carbocycles. The van der Waals surface area contributed by atoms with Gasteiger partial charge in [0.1, 0.15) is 0 Å². The Hall–Kier alpha value is -0.0800. The van der Waals surface area contributed by atoms with Crippen LogP contribution in [0.2, 0.25) is 0 Å². The van der Waals surface area contributed by atoms with E-state index in [1.54, 1.807) is 0 Å². The molecule has 0 aliphatic carbocycles. The topological polar surface area (TPSA) is 15.3 Å². The van der Waals surface area contributed by atoms with Crippen LogP contribution < -0.4 is 5.32 Å². The maximum absolute atomic E-state index is 3.60. The van der Waals surface area contributed by atoms with Crippen molar-refractivity contribution in [2.45, 2.75) is 66.0 Å². The lowest BCUT2D eigenvalue weighted by atomic mass is 9.91. The van der Waals surface area contributed by atoms with Gasteiger partial charge in [-0.3, -0.25) is 4.90 Å². The summed E-state index contributed by atoms with van der Waals surface area (Å²) >= 11 is 0. The highest BCUT2D eigenvalue weighted by Crippen LogP contribution is 2.21. The summed E-state index contributed by atoms with van der Waals surface area (Å²) in [5, 5.41) is 3.60. The van der Waals surface area contributed by atoms with Crippen molar-refractivity contribution < 1.29 is 0 Å². The van der Waals surface area contributed by atoms with Crippen molar-refractivity contribution in [3.63, 3.8) is 0 Å². The average molecular weight is 226 g/mol. The van der Waals surface area contributed by atoms with E-state index in [1.807, 2.05) is 0 Å². The second kappa shape index (κ2) is 6.02. The Morgan fingerprint density at radius 3 is 2.56 bits per heavy atom. The predicted octanol–water partition coefficient (Wildman–Crippen LogP) is 2.89. The number of nitrogens with zero attached hydrogens (tertiary/aromatic N) is 1. The van der Waals surface area contributed by atoms with E-state index in [9.17, 15) is 0 Å². The fourth-order valence-electron chi connectivity index (χ4n) is 2.40. The quantitative estimate of drug-likeness (QED) is 0.793. The third-order valence-electron chi connectivity index (χ3n) is 3.50. The van der Waals surface area contributed by atoms with E-state index < -0.39 is 0 Å². The molecule has 0 spiro atoms. The lowest BCUT2D eigenvalue weighted by molar-refractivity contribution is 0.112. The third kappa shape index (κ3) is 4.84. The molecular formula is C14H30N2. The first-order valence-corrected chi connectivity index (χ1v) is 6.90. The SMILES string of the molecule is CCCC1CNC(C)CN1CCC(C)(C)C. The number of hydrogen-bond donors (Lipinski definition) is 1. The van der Waals surface area contributed by atoms with Gasteiger partial charge in [-0.05, 0) is 31.7 Å². The molecule has 1 heterocycles. The van der Waals surface area contributed by atoms with Crippen molar-refractivity contribution in [2.24, 2.45) is 5.41 Å². The summed E-state index contributed by atoms with van der Waals surface area (Å²) in [5.74, 6) is 0. The average Bonchev–Trinajstić information content (AvgIpc) is 2.17. The summed E-state index contributed by atoms with van der Waals surface area (Å²) in [7, 11) is 0. The van der Waals surface area contributed by atoms with Crippen LogP contribution >= 0.6 is 0 Å². The monoisotopic (exact) mass is 226 g/mol. The maximum Gasteiger partial charge on any atom is 0.0221 e. The smallest absolute Gasteiger partial charge is 0.0221 e.